The molecule has 2 aromatic rings. The molecule has 1 atom stereocenters. The molecule has 0 aromatic carbocycles. The molecule has 0 saturated carbocycles. The molecule has 2 aromatic heterocycles. The number of nitrogens with one attached hydrogen (secondary N) is 2. The van der Waals surface area contributed by atoms with Crippen LogP contribution in [0.4, 0.5) is 5.82 Å². The summed E-state index contributed by atoms with van der Waals surface area (Å²) >= 11 is 1.36. The van der Waals surface area contributed by atoms with Gasteiger partial charge >= 0.3 is 0 Å². The summed E-state index contributed by atoms with van der Waals surface area (Å²) in [6, 6.07) is 0. The third-order valence-electron chi connectivity index (χ3n) is 5.29. The van der Waals surface area contributed by atoms with Crippen LogP contribution in [0.15, 0.2) is 6.33 Å². The molecule has 8 nitrogen and oxygen atoms in total. The summed E-state index contributed by atoms with van der Waals surface area (Å²) in [6.45, 7) is 8.15. The number of hydrogen-bond acceptors (Lipinski definition) is 8. The van der Waals surface area contributed by atoms with E-state index in [1.54, 1.807) is 0 Å². The van der Waals surface area contributed by atoms with Gasteiger partial charge in [0.2, 0.25) is 0 Å². The van der Waals surface area contributed by atoms with Gasteiger partial charge < -0.3 is 15.5 Å². The maximum atomic E-state index is 12.9. The first-order chi connectivity index (χ1) is 14.0. The van der Waals surface area contributed by atoms with E-state index in [9.17, 15) is 13.2 Å². The van der Waals surface area contributed by atoms with Crippen LogP contribution in [-0.2, 0) is 9.84 Å². The van der Waals surface area contributed by atoms with Gasteiger partial charge in [0.25, 0.3) is 5.91 Å². The zero-order valence-electron chi connectivity index (χ0n) is 18.3. The van der Waals surface area contributed by atoms with Crippen LogP contribution in [0.1, 0.15) is 35.5 Å². The van der Waals surface area contributed by atoms with Crippen molar-refractivity contribution in [2.75, 3.05) is 50.6 Å². The van der Waals surface area contributed by atoms with Crippen LogP contribution in [0.5, 0.6) is 0 Å². The van der Waals surface area contributed by atoms with Crippen LogP contribution < -0.4 is 10.6 Å². The molecule has 3 rings (SSSR count). The number of carbonyl (C=O) groups excluding carboxylic acids is 1. The molecule has 1 amide bonds. The van der Waals surface area contributed by atoms with Gasteiger partial charge in [0.1, 0.15) is 17.0 Å². The normalized spacial score (nSPS) is 18.8. The van der Waals surface area contributed by atoms with E-state index in [-0.39, 0.29) is 28.7 Å². The maximum absolute atomic E-state index is 12.9. The fraction of sp³-hybridized carbons (Fsp3) is 0.650. The molecule has 0 bridgehead atoms. The molecule has 0 spiro atoms. The first-order valence-corrected chi connectivity index (χ1v) is 12.7. The van der Waals surface area contributed by atoms with Crippen LogP contribution >= 0.6 is 11.3 Å². The number of sulfone groups is 1. The van der Waals surface area contributed by atoms with Crippen LogP contribution in [-0.4, -0.2) is 74.4 Å². The highest BCUT2D eigenvalue weighted by Gasteiger charge is 2.28. The Labute approximate surface area is 182 Å². The summed E-state index contributed by atoms with van der Waals surface area (Å²) < 4.78 is 23.4. The summed E-state index contributed by atoms with van der Waals surface area (Å²) in [4.78, 5) is 25.1. The third-order valence-corrected chi connectivity index (χ3v) is 8.33. The highest BCUT2D eigenvalue weighted by atomic mass is 32.2. The number of anilines is 1. The molecule has 30 heavy (non-hydrogen) atoms. The molecule has 1 fully saturated rings. The minimum atomic E-state index is -2.91. The lowest BCUT2D eigenvalue weighted by atomic mass is 9.93. The Morgan fingerprint density at radius 3 is 2.70 bits per heavy atom. The lowest BCUT2D eigenvalue weighted by Gasteiger charge is -2.28. The topological polar surface area (TPSA) is 104 Å². The number of nitrogens with zero attached hydrogens (tertiary/aromatic N) is 3. The zero-order chi connectivity index (χ0) is 22.1. The average molecular weight is 454 g/mol. The first-order valence-electron chi connectivity index (χ1n) is 10.1. The summed E-state index contributed by atoms with van der Waals surface area (Å²) in [7, 11) is 1.13. The van der Waals surface area contributed by atoms with E-state index < -0.39 is 9.84 Å². The zero-order valence-corrected chi connectivity index (χ0v) is 19.9. The molecule has 10 heteroatoms. The quantitative estimate of drug-likeness (QED) is 0.631. The molecule has 1 saturated heterocycles. The molecule has 166 valence electrons. The van der Waals surface area contributed by atoms with E-state index in [0.717, 1.165) is 22.3 Å². The lowest BCUT2D eigenvalue weighted by molar-refractivity contribution is 0.0933. The van der Waals surface area contributed by atoms with Crippen molar-refractivity contribution in [2.45, 2.75) is 27.2 Å². The van der Waals surface area contributed by atoms with Gasteiger partial charge in [0, 0.05) is 19.6 Å². The number of aryl methyl sites for hydroxylation is 1. The fourth-order valence-corrected chi connectivity index (χ4v) is 6.93. The van der Waals surface area contributed by atoms with Crippen molar-refractivity contribution in [3.05, 3.63) is 16.8 Å². The largest absolute Gasteiger partial charge is 0.369 e. The van der Waals surface area contributed by atoms with Crippen molar-refractivity contribution in [1.82, 2.24) is 20.2 Å². The van der Waals surface area contributed by atoms with Gasteiger partial charge in [-0.15, -0.1) is 11.3 Å². The number of carbonyl (C=O) groups is 1. The Bertz CT molecular complexity index is 1030. The summed E-state index contributed by atoms with van der Waals surface area (Å²) in [5.41, 5.74) is 0.804. The molecule has 0 aliphatic carbocycles. The Balaban J connectivity index is 1.74. The standard InChI is InChI=1S/C20H31N5O3S2/c1-13-15-17(21-8-14-6-7-30(27,28)9-14)23-12-24-19(15)29-16(13)18(26)22-10-20(2,3)11-25(4)5/h12,14H,6-11H2,1-5H3,(H,22,26)(H,21,23,24). The highest BCUT2D eigenvalue weighted by Crippen LogP contribution is 2.33. The van der Waals surface area contributed by atoms with Crippen molar-refractivity contribution in [2.24, 2.45) is 11.3 Å². The third kappa shape index (κ3) is 5.47. The van der Waals surface area contributed by atoms with E-state index in [2.05, 4.69) is 39.3 Å². The minimum Gasteiger partial charge on any atom is -0.369 e. The minimum absolute atomic E-state index is 0.0438. The number of hydrogen-bond donors (Lipinski definition) is 2. The predicted octanol–water partition coefficient (Wildman–Crippen LogP) is 2.16. The lowest BCUT2D eigenvalue weighted by Crippen LogP contribution is -2.39. The molecule has 0 radical (unpaired) electrons. The Kier molecular flexibility index (Phi) is 6.69. The van der Waals surface area contributed by atoms with Crippen LogP contribution in [0.2, 0.25) is 0 Å². The van der Waals surface area contributed by atoms with Crippen molar-refractivity contribution >= 4 is 43.1 Å². The second-order valence-corrected chi connectivity index (χ2v) is 12.4. The number of fused-ring (bicyclic) bond motifs is 1. The Morgan fingerprint density at radius 1 is 1.33 bits per heavy atom. The summed E-state index contributed by atoms with van der Waals surface area (Å²) in [5, 5.41) is 7.19. The van der Waals surface area contributed by atoms with E-state index in [4.69, 9.17) is 0 Å². The van der Waals surface area contributed by atoms with Gasteiger partial charge in [-0.05, 0) is 44.3 Å². The molecule has 1 aliphatic heterocycles. The second kappa shape index (κ2) is 8.76. The highest BCUT2D eigenvalue weighted by molar-refractivity contribution is 7.91. The number of amides is 1. The van der Waals surface area contributed by atoms with Gasteiger partial charge in [-0.3, -0.25) is 4.79 Å². The maximum Gasteiger partial charge on any atom is 0.261 e. The summed E-state index contributed by atoms with van der Waals surface area (Å²) in [6.07, 6.45) is 2.15. The van der Waals surface area contributed by atoms with Crippen LogP contribution in [0, 0.1) is 18.3 Å². The van der Waals surface area contributed by atoms with Crippen molar-refractivity contribution in [3.8, 4) is 0 Å². The van der Waals surface area contributed by atoms with E-state index in [1.165, 1.54) is 17.7 Å². The molecule has 1 aliphatic rings. The number of rotatable bonds is 8. The van der Waals surface area contributed by atoms with Gasteiger partial charge in [-0.2, -0.15) is 0 Å². The monoisotopic (exact) mass is 453 g/mol. The Hall–Kier alpha value is -1.78. The van der Waals surface area contributed by atoms with Gasteiger partial charge in [0.15, 0.2) is 9.84 Å². The molecular formula is C20H31N5O3S2. The van der Waals surface area contributed by atoms with Crippen LogP contribution in [0.25, 0.3) is 10.2 Å². The first kappa shape index (κ1) is 22.9. The van der Waals surface area contributed by atoms with Gasteiger partial charge in [-0.1, -0.05) is 13.8 Å². The van der Waals surface area contributed by atoms with Crippen molar-refractivity contribution in [3.63, 3.8) is 0 Å². The van der Waals surface area contributed by atoms with Crippen LogP contribution in [0.3, 0.4) is 0 Å². The number of thiophene rings is 1. The molecular weight excluding hydrogens is 422 g/mol. The smallest absolute Gasteiger partial charge is 0.261 e. The predicted molar refractivity (Wildman–Crippen MR) is 122 cm³/mol. The van der Waals surface area contributed by atoms with E-state index in [1.807, 2.05) is 21.0 Å². The SMILES string of the molecule is Cc1c(C(=O)NCC(C)(C)CN(C)C)sc2ncnc(NCC3CCS(=O)(=O)C3)c12. The number of aromatic nitrogens is 2. The van der Waals surface area contributed by atoms with Crippen molar-refractivity contribution in [1.29, 1.82) is 0 Å². The van der Waals surface area contributed by atoms with E-state index >= 15 is 0 Å². The van der Waals surface area contributed by atoms with Crippen molar-refractivity contribution < 1.29 is 13.2 Å². The fourth-order valence-electron chi connectivity index (χ4n) is 4.01. The average Bonchev–Trinajstić information content (AvgIpc) is 3.16. The molecule has 1 unspecified atom stereocenters. The Morgan fingerprint density at radius 2 is 2.07 bits per heavy atom. The van der Waals surface area contributed by atoms with E-state index in [0.29, 0.717) is 30.2 Å². The molecule has 2 N–H and O–H groups in total. The molecule has 3 heterocycles. The summed E-state index contributed by atoms with van der Waals surface area (Å²) in [5.74, 6) is 1.11. The van der Waals surface area contributed by atoms with Gasteiger partial charge in [0.05, 0.1) is 21.8 Å². The van der Waals surface area contributed by atoms with Gasteiger partial charge in [-0.25, -0.2) is 18.4 Å². The second-order valence-electron chi connectivity index (χ2n) is 9.19.